The molecule has 0 unspecified atom stereocenters. The van der Waals surface area contributed by atoms with Gasteiger partial charge in [0.15, 0.2) is 0 Å². The standard InChI is InChI=1S/C16H28N4/c1-5-17-12-15-10-14(4)18-16(11-15)20-8-6-19(7-9-20)13(2)3/h10-11,13,17H,5-9,12H2,1-4H3. The Hall–Kier alpha value is -1.13. The van der Waals surface area contributed by atoms with Gasteiger partial charge in [0.2, 0.25) is 0 Å². The quantitative estimate of drug-likeness (QED) is 0.891. The van der Waals surface area contributed by atoms with Crippen molar-refractivity contribution in [2.24, 2.45) is 0 Å². The van der Waals surface area contributed by atoms with Crippen LogP contribution >= 0.6 is 0 Å². The second-order valence-corrected chi connectivity index (χ2v) is 5.87. The van der Waals surface area contributed by atoms with E-state index in [2.05, 4.69) is 54.9 Å². The van der Waals surface area contributed by atoms with Crippen LogP contribution in [0.4, 0.5) is 5.82 Å². The molecule has 1 aromatic heterocycles. The average molecular weight is 276 g/mol. The van der Waals surface area contributed by atoms with Crippen LogP contribution < -0.4 is 10.2 Å². The Labute approximate surface area is 123 Å². The number of hydrogen-bond acceptors (Lipinski definition) is 4. The fourth-order valence-corrected chi connectivity index (χ4v) is 2.72. The molecule has 2 heterocycles. The molecule has 1 saturated heterocycles. The first-order valence-electron chi connectivity index (χ1n) is 7.77. The molecule has 0 spiro atoms. The summed E-state index contributed by atoms with van der Waals surface area (Å²) < 4.78 is 0. The lowest BCUT2D eigenvalue weighted by molar-refractivity contribution is 0.209. The highest BCUT2D eigenvalue weighted by molar-refractivity contribution is 5.43. The first kappa shape index (κ1) is 15.3. The highest BCUT2D eigenvalue weighted by Gasteiger charge is 2.20. The lowest BCUT2D eigenvalue weighted by atomic mass is 10.2. The zero-order valence-electron chi connectivity index (χ0n) is 13.3. The highest BCUT2D eigenvalue weighted by Crippen LogP contribution is 2.17. The molecule has 1 aliphatic rings. The molecule has 0 saturated carbocycles. The molecular formula is C16H28N4. The fourth-order valence-electron chi connectivity index (χ4n) is 2.72. The maximum atomic E-state index is 4.72. The Bertz CT molecular complexity index is 422. The maximum Gasteiger partial charge on any atom is 0.129 e. The van der Waals surface area contributed by atoms with Gasteiger partial charge in [-0.15, -0.1) is 0 Å². The van der Waals surface area contributed by atoms with E-state index in [0.29, 0.717) is 6.04 Å². The number of anilines is 1. The number of piperazine rings is 1. The van der Waals surface area contributed by atoms with Gasteiger partial charge in [-0.1, -0.05) is 6.92 Å². The summed E-state index contributed by atoms with van der Waals surface area (Å²) in [6.45, 7) is 15.1. The largest absolute Gasteiger partial charge is 0.354 e. The van der Waals surface area contributed by atoms with Crippen LogP contribution in [-0.4, -0.2) is 48.6 Å². The number of hydrogen-bond donors (Lipinski definition) is 1. The molecule has 0 aromatic carbocycles. The van der Waals surface area contributed by atoms with Crippen LogP contribution in [0.25, 0.3) is 0 Å². The molecule has 1 aromatic rings. The van der Waals surface area contributed by atoms with Crippen molar-refractivity contribution in [3.63, 3.8) is 0 Å². The number of rotatable bonds is 5. The summed E-state index contributed by atoms with van der Waals surface area (Å²) in [7, 11) is 0. The van der Waals surface area contributed by atoms with E-state index in [1.165, 1.54) is 5.56 Å². The summed E-state index contributed by atoms with van der Waals surface area (Å²) in [5, 5.41) is 3.39. The van der Waals surface area contributed by atoms with Crippen molar-refractivity contribution in [1.82, 2.24) is 15.2 Å². The minimum atomic E-state index is 0.645. The van der Waals surface area contributed by atoms with Crippen molar-refractivity contribution in [2.75, 3.05) is 37.6 Å². The number of aryl methyl sites for hydroxylation is 1. The Balaban J connectivity index is 2.03. The van der Waals surface area contributed by atoms with Gasteiger partial charge in [-0.25, -0.2) is 4.98 Å². The zero-order valence-corrected chi connectivity index (χ0v) is 13.3. The van der Waals surface area contributed by atoms with Crippen molar-refractivity contribution < 1.29 is 0 Å². The van der Waals surface area contributed by atoms with E-state index in [1.807, 2.05) is 0 Å². The SMILES string of the molecule is CCNCc1cc(C)nc(N2CCN(C(C)C)CC2)c1. The number of nitrogens with one attached hydrogen (secondary N) is 1. The highest BCUT2D eigenvalue weighted by atomic mass is 15.3. The molecule has 1 N–H and O–H groups in total. The smallest absolute Gasteiger partial charge is 0.129 e. The third-order valence-electron chi connectivity index (χ3n) is 3.95. The molecule has 4 heteroatoms. The van der Waals surface area contributed by atoms with Crippen LogP contribution in [0.5, 0.6) is 0 Å². The summed E-state index contributed by atoms with van der Waals surface area (Å²) >= 11 is 0. The van der Waals surface area contributed by atoms with Crippen LogP contribution in [0.3, 0.4) is 0 Å². The van der Waals surface area contributed by atoms with Gasteiger partial charge in [0.05, 0.1) is 0 Å². The Morgan fingerprint density at radius 1 is 1.20 bits per heavy atom. The van der Waals surface area contributed by atoms with Crippen LogP contribution in [0.15, 0.2) is 12.1 Å². The van der Waals surface area contributed by atoms with Crippen molar-refractivity contribution in [3.8, 4) is 0 Å². The predicted octanol–water partition coefficient (Wildman–Crippen LogP) is 2.03. The number of pyridine rings is 1. The van der Waals surface area contributed by atoms with Gasteiger partial charge < -0.3 is 10.2 Å². The maximum absolute atomic E-state index is 4.72. The van der Waals surface area contributed by atoms with Crippen molar-refractivity contribution in [3.05, 3.63) is 23.4 Å². The summed E-state index contributed by atoms with van der Waals surface area (Å²) in [6, 6.07) is 5.06. The van der Waals surface area contributed by atoms with E-state index < -0.39 is 0 Å². The molecule has 2 rings (SSSR count). The lowest BCUT2D eigenvalue weighted by Crippen LogP contribution is -2.49. The molecule has 1 fully saturated rings. The number of nitrogens with zero attached hydrogens (tertiary/aromatic N) is 3. The van der Waals surface area contributed by atoms with Crippen LogP contribution in [0.2, 0.25) is 0 Å². The Morgan fingerprint density at radius 2 is 1.90 bits per heavy atom. The normalized spacial score (nSPS) is 16.9. The second-order valence-electron chi connectivity index (χ2n) is 5.87. The van der Waals surface area contributed by atoms with Gasteiger partial charge >= 0.3 is 0 Å². The van der Waals surface area contributed by atoms with Crippen LogP contribution in [-0.2, 0) is 6.54 Å². The van der Waals surface area contributed by atoms with Gasteiger partial charge in [0.1, 0.15) is 5.82 Å². The van der Waals surface area contributed by atoms with Crippen molar-refractivity contribution >= 4 is 5.82 Å². The third-order valence-corrected chi connectivity index (χ3v) is 3.95. The Kier molecular flexibility index (Phi) is 5.38. The summed E-state index contributed by atoms with van der Waals surface area (Å²) in [5.41, 5.74) is 2.45. The van der Waals surface area contributed by atoms with Gasteiger partial charge in [-0.05, 0) is 45.0 Å². The summed E-state index contributed by atoms with van der Waals surface area (Å²) in [5.74, 6) is 1.14. The first-order chi connectivity index (χ1) is 9.60. The molecule has 4 nitrogen and oxygen atoms in total. The fraction of sp³-hybridized carbons (Fsp3) is 0.688. The zero-order chi connectivity index (χ0) is 14.5. The topological polar surface area (TPSA) is 31.4 Å². The average Bonchev–Trinajstić information content (AvgIpc) is 2.44. The molecular weight excluding hydrogens is 248 g/mol. The molecule has 0 aliphatic carbocycles. The van der Waals surface area contributed by atoms with Crippen molar-refractivity contribution in [1.29, 1.82) is 0 Å². The molecule has 0 amide bonds. The molecule has 0 radical (unpaired) electrons. The van der Waals surface area contributed by atoms with E-state index in [0.717, 1.165) is 50.8 Å². The van der Waals surface area contributed by atoms with E-state index in [9.17, 15) is 0 Å². The van der Waals surface area contributed by atoms with E-state index in [1.54, 1.807) is 0 Å². The number of aromatic nitrogens is 1. The first-order valence-corrected chi connectivity index (χ1v) is 7.77. The second kappa shape index (κ2) is 7.04. The molecule has 1 aliphatic heterocycles. The molecule has 112 valence electrons. The van der Waals surface area contributed by atoms with Crippen molar-refractivity contribution in [2.45, 2.75) is 40.3 Å². The molecule has 0 atom stereocenters. The van der Waals surface area contributed by atoms with Gasteiger partial charge in [0, 0.05) is 44.5 Å². The predicted molar refractivity (Wildman–Crippen MR) is 85.3 cm³/mol. The van der Waals surface area contributed by atoms with Crippen LogP contribution in [0, 0.1) is 6.92 Å². The van der Waals surface area contributed by atoms with Gasteiger partial charge in [-0.3, -0.25) is 4.90 Å². The minimum Gasteiger partial charge on any atom is -0.354 e. The molecule has 20 heavy (non-hydrogen) atoms. The third kappa shape index (κ3) is 3.93. The lowest BCUT2D eigenvalue weighted by Gasteiger charge is -2.37. The molecule has 0 bridgehead atoms. The van der Waals surface area contributed by atoms with E-state index in [-0.39, 0.29) is 0 Å². The monoisotopic (exact) mass is 276 g/mol. The summed E-state index contributed by atoms with van der Waals surface area (Å²) in [4.78, 5) is 9.67. The van der Waals surface area contributed by atoms with E-state index in [4.69, 9.17) is 4.98 Å². The Morgan fingerprint density at radius 3 is 2.50 bits per heavy atom. The van der Waals surface area contributed by atoms with E-state index >= 15 is 0 Å². The summed E-state index contributed by atoms with van der Waals surface area (Å²) in [6.07, 6.45) is 0. The van der Waals surface area contributed by atoms with Gasteiger partial charge in [-0.2, -0.15) is 0 Å². The van der Waals surface area contributed by atoms with Crippen LogP contribution in [0.1, 0.15) is 32.0 Å². The minimum absolute atomic E-state index is 0.645. The van der Waals surface area contributed by atoms with Gasteiger partial charge in [0.25, 0.3) is 0 Å².